The van der Waals surface area contributed by atoms with Gasteiger partial charge in [0.05, 0.1) is 11.7 Å². The molecule has 2 N–H and O–H groups in total. The van der Waals surface area contributed by atoms with Gasteiger partial charge < -0.3 is 10.2 Å². The van der Waals surface area contributed by atoms with Gasteiger partial charge in [-0.15, -0.1) is 0 Å². The zero-order valence-electron chi connectivity index (χ0n) is 14.4. The number of aliphatic hydroxyl groups excluding tert-OH is 1. The van der Waals surface area contributed by atoms with Crippen LogP contribution in [0.5, 0.6) is 0 Å². The highest BCUT2D eigenvalue weighted by Crippen LogP contribution is 2.67. The molecule has 2 heteroatoms. The van der Waals surface area contributed by atoms with Crippen molar-refractivity contribution in [3.05, 3.63) is 11.6 Å². The molecule has 0 aromatic heterocycles. The fourth-order valence-electron chi connectivity index (χ4n) is 6.95. The third kappa shape index (κ3) is 1.80. The summed E-state index contributed by atoms with van der Waals surface area (Å²) < 4.78 is 0. The molecule has 0 aromatic carbocycles. The molecule has 0 aromatic rings. The first-order valence-corrected chi connectivity index (χ1v) is 9.40. The molecule has 0 spiro atoms. The average Bonchev–Trinajstić information content (AvgIpc) is 2.70. The van der Waals surface area contributed by atoms with E-state index in [1.807, 2.05) is 0 Å². The summed E-state index contributed by atoms with van der Waals surface area (Å²) in [6.07, 6.45) is 11.1. The standard InChI is InChI=1S/C20H32O2/c1-18-9-6-14(21)12-13(18)4-5-15-16(18)7-10-19(2)17(15)8-11-20(19,3)22/h12,14-17,21-22H,4-11H2,1-3H3/t14-,15+,16+,17+,18-,19-,20?/m0/s1. The Kier molecular flexibility index (Phi) is 3.18. The molecule has 0 saturated heterocycles. The number of rotatable bonds is 0. The first-order chi connectivity index (χ1) is 10.3. The SMILES string of the molecule is CC1(O)CC[C@@H]2[C@@H]3CCC4=C[C@@H](O)CC[C@]4(C)[C@@H]3CC[C@@]21C. The molecule has 4 rings (SSSR count). The van der Waals surface area contributed by atoms with Gasteiger partial charge in [-0.2, -0.15) is 0 Å². The van der Waals surface area contributed by atoms with E-state index in [9.17, 15) is 10.2 Å². The van der Waals surface area contributed by atoms with Crippen LogP contribution >= 0.6 is 0 Å². The number of aliphatic hydroxyl groups is 2. The van der Waals surface area contributed by atoms with Gasteiger partial charge in [-0.1, -0.05) is 25.5 Å². The maximum absolute atomic E-state index is 10.9. The second-order valence-electron chi connectivity index (χ2n) is 9.40. The second kappa shape index (κ2) is 4.60. The topological polar surface area (TPSA) is 40.5 Å². The Bertz CT molecular complexity index is 508. The Morgan fingerprint density at radius 3 is 2.45 bits per heavy atom. The highest BCUT2D eigenvalue weighted by Gasteiger charge is 2.62. The zero-order valence-corrected chi connectivity index (χ0v) is 14.4. The Hall–Kier alpha value is -0.340. The highest BCUT2D eigenvalue weighted by molar-refractivity contribution is 5.26. The summed E-state index contributed by atoms with van der Waals surface area (Å²) >= 11 is 0. The lowest BCUT2D eigenvalue weighted by atomic mass is 9.46. The van der Waals surface area contributed by atoms with Gasteiger partial charge in [0.25, 0.3) is 0 Å². The van der Waals surface area contributed by atoms with Crippen molar-refractivity contribution in [1.82, 2.24) is 0 Å². The van der Waals surface area contributed by atoms with Crippen molar-refractivity contribution < 1.29 is 10.2 Å². The summed E-state index contributed by atoms with van der Waals surface area (Å²) in [6.45, 7) is 6.91. The minimum absolute atomic E-state index is 0.125. The van der Waals surface area contributed by atoms with Crippen LogP contribution in [0.3, 0.4) is 0 Å². The average molecular weight is 304 g/mol. The van der Waals surface area contributed by atoms with Crippen molar-refractivity contribution in [2.45, 2.75) is 83.8 Å². The van der Waals surface area contributed by atoms with Crippen LogP contribution in [0.4, 0.5) is 0 Å². The summed E-state index contributed by atoms with van der Waals surface area (Å²) in [7, 11) is 0. The van der Waals surface area contributed by atoms with Gasteiger partial charge in [-0.05, 0) is 86.9 Å². The predicted molar refractivity (Wildman–Crippen MR) is 88.3 cm³/mol. The van der Waals surface area contributed by atoms with E-state index in [0.717, 1.165) is 31.1 Å². The van der Waals surface area contributed by atoms with Crippen molar-refractivity contribution in [3.8, 4) is 0 Å². The Balaban J connectivity index is 1.68. The van der Waals surface area contributed by atoms with E-state index in [0.29, 0.717) is 11.3 Å². The van der Waals surface area contributed by atoms with E-state index in [-0.39, 0.29) is 11.5 Å². The number of hydrogen-bond donors (Lipinski definition) is 2. The summed E-state index contributed by atoms with van der Waals surface area (Å²) in [6, 6.07) is 0. The highest BCUT2D eigenvalue weighted by atomic mass is 16.3. The van der Waals surface area contributed by atoms with E-state index in [1.54, 1.807) is 5.57 Å². The molecule has 3 saturated carbocycles. The quantitative estimate of drug-likeness (QED) is 0.663. The van der Waals surface area contributed by atoms with Gasteiger partial charge in [-0.3, -0.25) is 0 Å². The van der Waals surface area contributed by atoms with Gasteiger partial charge in [-0.25, -0.2) is 0 Å². The third-order valence-corrected chi connectivity index (χ3v) is 8.65. The lowest BCUT2D eigenvalue weighted by molar-refractivity contribution is -0.118. The predicted octanol–water partition coefficient (Wildman–Crippen LogP) is 4.06. The van der Waals surface area contributed by atoms with Gasteiger partial charge in [0.15, 0.2) is 0 Å². The minimum atomic E-state index is -0.470. The van der Waals surface area contributed by atoms with Crippen LogP contribution in [0.1, 0.15) is 72.1 Å². The summed E-state index contributed by atoms with van der Waals surface area (Å²) in [5, 5.41) is 20.9. The van der Waals surface area contributed by atoms with Crippen molar-refractivity contribution in [2.24, 2.45) is 28.6 Å². The van der Waals surface area contributed by atoms with E-state index in [4.69, 9.17) is 0 Å². The third-order valence-electron chi connectivity index (χ3n) is 8.65. The fourth-order valence-corrected chi connectivity index (χ4v) is 6.95. The molecule has 124 valence electrons. The summed E-state index contributed by atoms with van der Waals surface area (Å²) in [5.41, 5.74) is 1.51. The lowest BCUT2D eigenvalue weighted by Crippen LogP contribution is -2.54. The normalized spacial score (nSPS) is 57.6. The first kappa shape index (κ1) is 15.2. The van der Waals surface area contributed by atoms with Crippen LogP contribution in [0.25, 0.3) is 0 Å². The van der Waals surface area contributed by atoms with Crippen LogP contribution in [0, 0.1) is 28.6 Å². The second-order valence-corrected chi connectivity index (χ2v) is 9.40. The summed E-state index contributed by atoms with van der Waals surface area (Å²) in [5.74, 6) is 2.25. The Labute approximate surface area is 135 Å². The van der Waals surface area contributed by atoms with Crippen LogP contribution in [0.2, 0.25) is 0 Å². The largest absolute Gasteiger partial charge is 0.390 e. The molecular weight excluding hydrogens is 272 g/mol. The maximum atomic E-state index is 10.9. The van der Waals surface area contributed by atoms with Crippen LogP contribution < -0.4 is 0 Å². The van der Waals surface area contributed by atoms with Crippen molar-refractivity contribution >= 4 is 0 Å². The van der Waals surface area contributed by atoms with Crippen molar-refractivity contribution in [2.75, 3.05) is 0 Å². The summed E-state index contributed by atoms with van der Waals surface area (Å²) in [4.78, 5) is 0. The van der Waals surface area contributed by atoms with Gasteiger partial charge in [0.2, 0.25) is 0 Å². The zero-order chi connectivity index (χ0) is 15.8. The number of hydrogen-bond acceptors (Lipinski definition) is 2. The molecule has 4 aliphatic carbocycles. The lowest BCUT2D eigenvalue weighted by Gasteiger charge is -2.59. The molecule has 3 fully saturated rings. The molecule has 0 bridgehead atoms. The molecule has 7 atom stereocenters. The van der Waals surface area contributed by atoms with Crippen LogP contribution in [0.15, 0.2) is 11.6 Å². The van der Waals surface area contributed by atoms with Crippen LogP contribution in [-0.4, -0.2) is 21.9 Å². The molecule has 0 radical (unpaired) electrons. The van der Waals surface area contributed by atoms with Crippen LogP contribution in [-0.2, 0) is 0 Å². The Morgan fingerprint density at radius 2 is 1.68 bits per heavy atom. The van der Waals surface area contributed by atoms with E-state index in [1.165, 1.54) is 32.1 Å². The number of allylic oxidation sites excluding steroid dienone is 1. The monoisotopic (exact) mass is 304 g/mol. The molecule has 0 amide bonds. The molecule has 4 aliphatic rings. The Morgan fingerprint density at radius 1 is 0.955 bits per heavy atom. The minimum Gasteiger partial charge on any atom is -0.390 e. The van der Waals surface area contributed by atoms with E-state index in [2.05, 4.69) is 26.8 Å². The fraction of sp³-hybridized carbons (Fsp3) is 0.900. The molecule has 0 heterocycles. The molecule has 22 heavy (non-hydrogen) atoms. The van der Waals surface area contributed by atoms with E-state index < -0.39 is 5.60 Å². The van der Waals surface area contributed by atoms with Gasteiger partial charge in [0, 0.05) is 0 Å². The van der Waals surface area contributed by atoms with Crippen molar-refractivity contribution in [1.29, 1.82) is 0 Å². The van der Waals surface area contributed by atoms with Gasteiger partial charge >= 0.3 is 0 Å². The van der Waals surface area contributed by atoms with Gasteiger partial charge in [0.1, 0.15) is 0 Å². The first-order valence-electron chi connectivity index (χ1n) is 9.40. The molecule has 2 nitrogen and oxygen atoms in total. The van der Waals surface area contributed by atoms with E-state index >= 15 is 0 Å². The molecule has 1 unspecified atom stereocenters. The smallest absolute Gasteiger partial charge is 0.0724 e. The van der Waals surface area contributed by atoms with Crippen molar-refractivity contribution in [3.63, 3.8) is 0 Å². The maximum Gasteiger partial charge on any atom is 0.0724 e. The molecular formula is C20H32O2. The number of fused-ring (bicyclic) bond motifs is 5. The molecule has 0 aliphatic heterocycles.